The standard InChI is InChI=1S/C20H25N5O2S/c1-14-11-19(21-9-7-15-12-22-18-6-4-3-5-17(15)18)24-20(23-14)25(2)16-8-10-28(26,27)13-16/h3-6,11-12,16,22H,7-10,13H2,1-2H3,(H,21,23,24). The van der Waals surface area contributed by atoms with Crippen molar-refractivity contribution in [2.24, 2.45) is 0 Å². The number of rotatable bonds is 6. The number of sulfone groups is 1. The Labute approximate surface area is 165 Å². The van der Waals surface area contributed by atoms with Gasteiger partial charge in [-0.2, -0.15) is 4.98 Å². The molecule has 1 aliphatic heterocycles. The van der Waals surface area contributed by atoms with Crippen molar-refractivity contribution in [1.82, 2.24) is 15.0 Å². The van der Waals surface area contributed by atoms with E-state index >= 15 is 0 Å². The number of aryl methyl sites for hydroxylation is 1. The summed E-state index contributed by atoms with van der Waals surface area (Å²) in [6, 6.07) is 10.1. The van der Waals surface area contributed by atoms with E-state index < -0.39 is 9.84 Å². The molecule has 2 N–H and O–H groups in total. The molecule has 0 aliphatic carbocycles. The van der Waals surface area contributed by atoms with Crippen molar-refractivity contribution in [2.75, 3.05) is 35.3 Å². The lowest BCUT2D eigenvalue weighted by Crippen LogP contribution is -2.34. The molecule has 3 aromatic rings. The second-order valence-corrected chi connectivity index (χ2v) is 9.63. The van der Waals surface area contributed by atoms with Crippen LogP contribution >= 0.6 is 0 Å². The average Bonchev–Trinajstić information content (AvgIpc) is 3.24. The highest BCUT2D eigenvalue weighted by atomic mass is 32.2. The Bertz CT molecular complexity index is 1090. The Hall–Kier alpha value is -2.61. The molecule has 1 atom stereocenters. The summed E-state index contributed by atoms with van der Waals surface area (Å²) in [4.78, 5) is 14.3. The number of nitrogens with one attached hydrogen (secondary N) is 2. The van der Waals surface area contributed by atoms with Gasteiger partial charge in [-0.25, -0.2) is 13.4 Å². The van der Waals surface area contributed by atoms with Crippen molar-refractivity contribution in [1.29, 1.82) is 0 Å². The van der Waals surface area contributed by atoms with E-state index in [1.807, 2.05) is 37.1 Å². The molecule has 0 amide bonds. The maximum atomic E-state index is 11.8. The third kappa shape index (κ3) is 3.96. The second-order valence-electron chi connectivity index (χ2n) is 7.40. The highest BCUT2D eigenvalue weighted by molar-refractivity contribution is 7.91. The van der Waals surface area contributed by atoms with Crippen LogP contribution in [0.2, 0.25) is 0 Å². The predicted molar refractivity (Wildman–Crippen MR) is 113 cm³/mol. The highest BCUT2D eigenvalue weighted by Crippen LogP contribution is 2.22. The van der Waals surface area contributed by atoms with E-state index in [2.05, 4.69) is 38.6 Å². The molecular weight excluding hydrogens is 374 g/mol. The Morgan fingerprint density at radius 2 is 2.11 bits per heavy atom. The van der Waals surface area contributed by atoms with Gasteiger partial charge in [0, 0.05) is 48.5 Å². The molecule has 8 heteroatoms. The highest BCUT2D eigenvalue weighted by Gasteiger charge is 2.31. The molecule has 0 saturated carbocycles. The van der Waals surface area contributed by atoms with Gasteiger partial charge >= 0.3 is 0 Å². The van der Waals surface area contributed by atoms with Gasteiger partial charge in [0.1, 0.15) is 5.82 Å². The minimum atomic E-state index is -2.94. The molecule has 3 heterocycles. The number of aromatic amines is 1. The summed E-state index contributed by atoms with van der Waals surface area (Å²) in [6.07, 6.45) is 3.55. The molecule has 28 heavy (non-hydrogen) atoms. The van der Waals surface area contributed by atoms with Crippen LogP contribution in [0.1, 0.15) is 17.7 Å². The first-order valence-corrected chi connectivity index (χ1v) is 11.3. The van der Waals surface area contributed by atoms with E-state index in [0.29, 0.717) is 12.4 Å². The average molecular weight is 400 g/mol. The van der Waals surface area contributed by atoms with Crippen molar-refractivity contribution in [2.45, 2.75) is 25.8 Å². The first kappa shape index (κ1) is 18.7. The van der Waals surface area contributed by atoms with Crippen LogP contribution < -0.4 is 10.2 Å². The molecule has 7 nitrogen and oxygen atoms in total. The van der Waals surface area contributed by atoms with Gasteiger partial charge in [0.05, 0.1) is 11.5 Å². The first-order valence-electron chi connectivity index (χ1n) is 9.49. The van der Waals surface area contributed by atoms with E-state index in [4.69, 9.17) is 0 Å². The molecule has 1 fully saturated rings. The van der Waals surface area contributed by atoms with Crippen molar-refractivity contribution in [3.63, 3.8) is 0 Å². The number of hydrogen-bond donors (Lipinski definition) is 2. The van der Waals surface area contributed by atoms with Gasteiger partial charge in [-0.1, -0.05) is 18.2 Å². The molecule has 0 spiro atoms. The largest absolute Gasteiger partial charge is 0.370 e. The minimum Gasteiger partial charge on any atom is -0.370 e. The molecule has 1 saturated heterocycles. The summed E-state index contributed by atoms with van der Waals surface area (Å²) < 4.78 is 23.6. The van der Waals surface area contributed by atoms with Crippen molar-refractivity contribution < 1.29 is 8.42 Å². The third-order valence-corrected chi connectivity index (χ3v) is 7.04. The molecule has 1 aliphatic rings. The summed E-state index contributed by atoms with van der Waals surface area (Å²) in [5, 5.41) is 4.62. The van der Waals surface area contributed by atoms with E-state index in [9.17, 15) is 8.42 Å². The van der Waals surface area contributed by atoms with E-state index in [1.54, 1.807) is 0 Å². The number of fused-ring (bicyclic) bond motifs is 1. The molecule has 1 unspecified atom stereocenters. The zero-order chi connectivity index (χ0) is 19.7. The maximum absolute atomic E-state index is 11.8. The Kier molecular flexibility index (Phi) is 4.97. The van der Waals surface area contributed by atoms with Gasteiger partial charge in [0.2, 0.25) is 5.95 Å². The molecule has 0 radical (unpaired) electrons. The maximum Gasteiger partial charge on any atom is 0.227 e. The predicted octanol–water partition coefficient (Wildman–Crippen LogP) is 2.54. The first-order chi connectivity index (χ1) is 13.4. The van der Waals surface area contributed by atoms with Crippen LogP contribution in [0, 0.1) is 6.92 Å². The number of benzene rings is 1. The summed E-state index contributed by atoms with van der Waals surface area (Å²) in [5.74, 6) is 1.74. The molecular formula is C20H25N5O2S. The molecule has 2 aromatic heterocycles. The fourth-order valence-electron chi connectivity index (χ4n) is 3.71. The van der Waals surface area contributed by atoms with Crippen molar-refractivity contribution >= 4 is 32.5 Å². The van der Waals surface area contributed by atoms with Crippen LogP contribution in [0.5, 0.6) is 0 Å². The zero-order valence-electron chi connectivity index (χ0n) is 16.1. The van der Waals surface area contributed by atoms with Gasteiger partial charge in [0.25, 0.3) is 0 Å². The monoisotopic (exact) mass is 399 g/mol. The number of nitrogens with zero attached hydrogens (tertiary/aromatic N) is 3. The van der Waals surface area contributed by atoms with E-state index in [0.717, 1.165) is 30.0 Å². The summed E-state index contributed by atoms with van der Waals surface area (Å²) in [5.41, 5.74) is 3.26. The number of hydrogen-bond acceptors (Lipinski definition) is 6. The van der Waals surface area contributed by atoms with Crippen molar-refractivity contribution in [3.8, 4) is 0 Å². The van der Waals surface area contributed by atoms with Crippen LogP contribution in [-0.2, 0) is 16.3 Å². The van der Waals surface area contributed by atoms with Gasteiger partial charge < -0.3 is 15.2 Å². The van der Waals surface area contributed by atoms with Gasteiger partial charge in [-0.3, -0.25) is 0 Å². The number of para-hydroxylation sites is 1. The lowest BCUT2D eigenvalue weighted by Gasteiger charge is -2.24. The van der Waals surface area contributed by atoms with Gasteiger partial charge in [-0.15, -0.1) is 0 Å². The van der Waals surface area contributed by atoms with E-state index in [1.165, 1.54) is 10.9 Å². The van der Waals surface area contributed by atoms with E-state index in [-0.39, 0.29) is 17.5 Å². The minimum absolute atomic E-state index is 0.0640. The van der Waals surface area contributed by atoms with Gasteiger partial charge in [0.15, 0.2) is 9.84 Å². The van der Waals surface area contributed by atoms with Crippen LogP contribution in [-0.4, -0.2) is 54.5 Å². The van der Waals surface area contributed by atoms with Crippen molar-refractivity contribution in [3.05, 3.63) is 47.8 Å². The normalized spacial score (nSPS) is 18.4. The van der Waals surface area contributed by atoms with Crippen LogP contribution in [0.25, 0.3) is 10.9 Å². The van der Waals surface area contributed by atoms with Crippen LogP contribution in [0.4, 0.5) is 11.8 Å². The fraction of sp³-hybridized carbons (Fsp3) is 0.400. The Morgan fingerprint density at radius 3 is 2.89 bits per heavy atom. The van der Waals surface area contributed by atoms with Crippen LogP contribution in [0.3, 0.4) is 0 Å². The Morgan fingerprint density at radius 1 is 1.29 bits per heavy atom. The molecule has 1 aromatic carbocycles. The lowest BCUT2D eigenvalue weighted by molar-refractivity contribution is 0.600. The third-order valence-electron chi connectivity index (χ3n) is 5.29. The van der Waals surface area contributed by atoms with Gasteiger partial charge in [-0.05, 0) is 31.4 Å². The summed E-state index contributed by atoms with van der Waals surface area (Å²) in [6.45, 7) is 2.68. The number of aromatic nitrogens is 3. The molecule has 4 rings (SSSR count). The summed E-state index contributed by atoms with van der Waals surface area (Å²) >= 11 is 0. The number of H-pyrrole nitrogens is 1. The molecule has 0 bridgehead atoms. The SMILES string of the molecule is Cc1cc(NCCc2c[nH]c3ccccc23)nc(N(C)C2CCS(=O)(=O)C2)n1. The zero-order valence-corrected chi connectivity index (χ0v) is 17.0. The smallest absolute Gasteiger partial charge is 0.227 e. The van der Waals surface area contributed by atoms with Crippen LogP contribution in [0.15, 0.2) is 36.5 Å². The number of anilines is 2. The quantitative estimate of drug-likeness (QED) is 0.662. The fourth-order valence-corrected chi connectivity index (χ4v) is 5.48. The second kappa shape index (κ2) is 7.43. The summed E-state index contributed by atoms with van der Waals surface area (Å²) in [7, 11) is -1.07. The molecule has 148 valence electrons. The lowest BCUT2D eigenvalue weighted by atomic mass is 10.1. The topological polar surface area (TPSA) is 91.0 Å². The Balaban J connectivity index is 1.44.